The van der Waals surface area contributed by atoms with Crippen LogP contribution in [0.2, 0.25) is 0 Å². The summed E-state index contributed by atoms with van der Waals surface area (Å²) >= 11 is 0. The van der Waals surface area contributed by atoms with Gasteiger partial charge in [0.2, 0.25) is 11.8 Å². The Morgan fingerprint density at radius 2 is 1.79 bits per heavy atom. The van der Waals surface area contributed by atoms with Crippen molar-refractivity contribution in [2.24, 2.45) is 5.92 Å². The zero-order valence-electron chi connectivity index (χ0n) is 45.8. The van der Waals surface area contributed by atoms with Gasteiger partial charge in [-0.05, 0) is 97.7 Å². The van der Waals surface area contributed by atoms with Crippen LogP contribution in [-0.2, 0) is 20.9 Å². The Labute approximate surface area is 464 Å². The van der Waals surface area contributed by atoms with Gasteiger partial charge in [0.1, 0.15) is 60.0 Å². The third-order valence-corrected chi connectivity index (χ3v) is 17.0. The lowest BCUT2D eigenvalue weighted by Crippen LogP contribution is -2.69. The second-order valence-electron chi connectivity index (χ2n) is 22.7. The monoisotopic (exact) mass is 1090 g/mol. The van der Waals surface area contributed by atoms with E-state index in [1.165, 1.54) is 17.9 Å². The number of piperazine rings is 1. The summed E-state index contributed by atoms with van der Waals surface area (Å²) < 4.78 is 37.0. The lowest BCUT2D eigenvalue weighted by molar-refractivity contribution is -0.510. The van der Waals surface area contributed by atoms with E-state index in [2.05, 4.69) is 51.2 Å². The van der Waals surface area contributed by atoms with Crippen molar-refractivity contribution in [2.45, 2.75) is 121 Å². The number of anilines is 2. The van der Waals surface area contributed by atoms with E-state index < -0.39 is 23.9 Å². The van der Waals surface area contributed by atoms with E-state index in [1.54, 1.807) is 22.7 Å². The van der Waals surface area contributed by atoms with Crippen LogP contribution in [0.15, 0.2) is 84.8 Å². The predicted octanol–water partition coefficient (Wildman–Crippen LogP) is 7.01. The summed E-state index contributed by atoms with van der Waals surface area (Å²) in [6.45, 7) is 10.7. The van der Waals surface area contributed by atoms with E-state index >= 15 is 4.39 Å². The number of nitrogens with one attached hydrogen (secondary N) is 3. The lowest BCUT2D eigenvalue weighted by Gasteiger charge is -2.31. The maximum atomic E-state index is 16.0. The number of likely N-dealkylation sites (tertiary alicyclic amines) is 1. The Morgan fingerprint density at radius 1 is 1.01 bits per heavy atom. The largest absolute Gasteiger partial charge is 0.486 e. The molecule has 80 heavy (non-hydrogen) atoms. The average Bonchev–Trinajstić information content (AvgIpc) is 4.07. The molecule has 12 rings (SSSR count). The first-order chi connectivity index (χ1) is 38.8. The van der Waals surface area contributed by atoms with Crippen LogP contribution in [0.5, 0.6) is 11.8 Å². The van der Waals surface area contributed by atoms with Gasteiger partial charge in [0, 0.05) is 95.2 Å². The van der Waals surface area contributed by atoms with Crippen molar-refractivity contribution in [3.8, 4) is 34.1 Å². The number of benzene rings is 4. The van der Waals surface area contributed by atoms with Crippen LogP contribution in [0.25, 0.3) is 38.9 Å². The van der Waals surface area contributed by atoms with Crippen LogP contribution in [-0.4, -0.2) is 117 Å². The molecule has 416 valence electrons. The third-order valence-electron chi connectivity index (χ3n) is 17.0. The third kappa shape index (κ3) is 10.2. The van der Waals surface area contributed by atoms with Gasteiger partial charge in [0.15, 0.2) is 5.75 Å². The molecule has 6 aliphatic rings. The summed E-state index contributed by atoms with van der Waals surface area (Å²) in [6, 6.07) is 17.8. The second-order valence-corrected chi connectivity index (χ2v) is 22.7. The quantitative estimate of drug-likeness (QED) is 0.0376. The van der Waals surface area contributed by atoms with Gasteiger partial charge >= 0.3 is 6.01 Å². The van der Waals surface area contributed by atoms with Crippen molar-refractivity contribution in [1.82, 2.24) is 40.5 Å². The number of nitrogens with zero attached hydrogens (tertiary/aromatic N) is 7. The van der Waals surface area contributed by atoms with Crippen LogP contribution in [0.3, 0.4) is 0 Å². The highest BCUT2D eigenvalue weighted by molar-refractivity contribution is 6.05. The molecule has 2 bridgehead atoms. The van der Waals surface area contributed by atoms with Gasteiger partial charge in [0.05, 0.1) is 32.1 Å². The zero-order chi connectivity index (χ0) is 55.3. The minimum Gasteiger partial charge on any atom is -0.486 e. The molecule has 7 heterocycles. The Morgan fingerprint density at radius 3 is 2.46 bits per heavy atom. The number of quaternary nitrogens is 1. The van der Waals surface area contributed by atoms with E-state index in [-0.39, 0.29) is 60.7 Å². The summed E-state index contributed by atoms with van der Waals surface area (Å²) in [4.78, 5) is 43.0. The van der Waals surface area contributed by atoms with Crippen molar-refractivity contribution < 1.29 is 38.6 Å². The van der Waals surface area contributed by atoms with Gasteiger partial charge in [-0.15, -0.1) is 5.10 Å². The molecule has 5 fully saturated rings. The SMILES string of the molecule is CC1=C[NH2+]C=C1c1ccc([C@H](CO)NC(=O)[C@@H]2CCCN2C(=O)[C@H](C(C)C)n2cc(-c3ccc(COc4c(-c5c(C)c(F)cc(N)c5C=N)c(C5CC5)cc5c(N6C[C@@H]7C[C@H]6CN7)nc(OC6CCOCC6)nc45)cc3)nn2)cc1. The number of rotatable bonds is 18. The number of hydrogen-bond acceptors (Lipinski definition) is 14. The molecule has 5 atom stereocenters. The number of hydrogen-bond donors (Lipinski definition) is 6. The van der Waals surface area contributed by atoms with Crippen molar-refractivity contribution >= 4 is 46.0 Å². The molecule has 2 amide bonds. The molecule has 1 aliphatic carbocycles. The van der Waals surface area contributed by atoms with E-state index in [1.807, 2.05) is 67.7 Å². The van der Waals surface area contributed by atoms with E-state index in [4.69, 9.17) is 35.3 Å². The number of fused-ring (bicyclic) bond motifs is 3. The Bertz CT molecular complexity index is 3430. The standard InChI is InChI=1S/C61H69FN12O6/c1-33(2)56(60(77)72-19-5-6-52(72)59(76)67-51(31-75)40-15-13-38(14-16-40)47-28-65-26-34(47)3)74-30-50(70-71-74)39-9-7-36(8-10-39)32-79-57-54(53-35(4)48(62)24-49(64)46(53)25-63)44(37-11-12-37)23-45-55(57)68-61(80-43-17-20-78-21-18-43)69-58(45)73-29-41-22-42(73)27-66-41/h7-10,13-16,23-26,28,30,33,37,41-43,51-52,56,63,65-66,75H,5-6,11-12,17-22,27,29,31-32,64H2,1-4H3,(H,67,76)/p+1/t41-,42-,51-,52-,56-/m0/s1. The summed E-state index contributed by atoms with van der Waals surface area (Å²) in [5.74, 6) is 0.198. The van der Waals surface area contributed by atoms with Crippen LogP contribution in [0.1, 0.15) is 117 Å². The molecule has 4 aromatic carbocycles. The first-order valence-corrected chi connectivity index (χ1v) is 28.3. The summed E-state index contributed by atoms with van der Waals surface area (Å²) in [5, 5.41) is 37.6. The summed E-state index contributed by atoms with van der Waals surface area (Å²) in [7, 11) is 0. The first kappa shape index (κ1) is 53.1. The minimum absolute atomic E-state index is 0.107. The number of allylic oxidation sites excluding steroid dienone is 2. The van der Waals surface area contributed by atoms with E-state index in [0.29, 0.717) is 90.7 Å². The lowest BCUT2D eigenvalue weighted by atomic mass is 9.87. The fourth-order valence-electron chi connectivity index (χ4n) is 12.5. The molecule has 18 nitrogen and oxygen atoms in total. The van der Waals surface area contributed by atoms with Crippen molar-refractivity contribution in [3.05, 3.63) is 124 Å². The highest BCUT2D eigenvalue weighted by Crippen LogP contribution is 2.53. The van der Waals surface area contributed by atoms with Crippen LogP contribution in [0, 0.1) is 24.1 Å². The summed E-state index contributed by atoms with van der Waals surface area (Å²) in [5.41, 5.74) is 16.5. The Kier molecular flexibility index (Phi) is 14.7. The van der Waals surface area contributed by atoms with Crippen molar-refractivity contribution in [2.75, 3.05) is 50.1 Å². The average molecular weight is 1090 g/mol. The fraction of sp³-hybridized carbons (Fsp3) is 0.426. The molecule has 0 radical (unpaired) electrons. The first-order valence-electron chi connectivity index (χ1n) is 28.3. The highest BCUT2D eigenvalue weighted by atomic mass is 19.1. The molecular weight excluding hydrogens is 1020 g/mol. The van der Waals surface area contributed by atoms with Crippen LogP contribution >= 0.6 is 0 Å². The molecular formula is C61H70FN12O6+. The number of halogens is 1. The second kappa shape index (κ2) is 22.2. The molecule has 2 aromatic heterocycles. The van der Waals surface area contributed by atoms with Crippen molar-refractivity contribution in [1.29, 1.82) is 5.41 Å². The number of nitrogens with two attached hydrogens (primary N) is 2. The minimum atomic E-state index is -0.733. The number of amides is 2. The fourth-order valence-corrected chi connectivity index (χ4v) is 12.5. The van der Waals surface area contributed by atoms with Crippen LogP contribution in [0.4, 0.5) is 15.9 Å². The molecule has 1 saturated carbocycles. The molecule has 0 spiro atoms. The van der Waals surface area contributed by atoms with Gasteiger partial charge in [0.25, 0.3) is 0 Å². The Balaban J connectivity index is 0.821. The maximum absolute atomic E-state index is 16.0. The molecule has 8 N–H and O–H groups in total. The Hall–Kier alpha value is -7.58. The molecule has 6 aromatic rings. The normalized spacial score (nSPS) is 20.8. The summed E-state index contributed by atoms with van der Waals surface area (Å²) in [6.07, 6.45) is 12.4. The van der Waals surface area contributed by atoms with Crippen LogP contribution < -0.4 is 36.1 Å². The zero-order valence-corrected chi connectivity index (χ0v) is 45.8. The van der Waals surface area contributed by atoms with Gasteiger partial charge in [-0.3, -0.25) is 14.9 Å². The molecule has 0 unspecified atom stereocenters. The maximum Gasteiger partial charge on any atom is 0.319 e. The smallest absolute Gasteiger partial charge is 0.319 e. The molecule has 5 aliphatic heterocycles. The number of ether oxygens (including phenoxy) is 3. The van der Waals surface area contributed by atoms with Gasteiger partial charge in [-0.2, -0.15) is 9.97 Å². The number of aromatic nitrogens is 5. The number of carbonyl (C=O) groups excluding carboxylic acids is 2. The van der Waals surface area contributed by atoms with Gasteiger partial charge in [-0.1, -0.05) is 67.6 Å². The van der Waals surface area contributed by atoms with Gasteiger partial charge in [-0.25, -0.2) is 9.07 Å². The number of aliphatic hydroxyl groups is 1. The highest BCUT2D eigenvalue weighted by Gasteiger charge is 2.42. The topological polar surface area (TPSA) is 236 Å². The van der Waals surface area contributed by atoms with E-state index in [9.17, 15) is 14.7 Å². The molecule has 4 saturated heterocycles. The molecule has 19 heteroatoms. The number of aliphatic hydroxyl groups excluding tert-OH is 1. The van der Waals surface area contributed by atoms with Gasteiger partial charge < -0.3 is 50.9 Å². The van der Waals surface area contributed by atoms with Crippen molar-refractivity contribution in [3.63, 3.8) is 0 Å². The predicted molar refractivity (Wildman–Crippen MR) is 302 cm³/mol. The number of carbonyl (C=O) groups is 2. The van der Waals surface area contributed by atoms with E-state index in [0.717, 1.165) is 76.9 Å². The number of nitrogen functional groups attached to an aromatic ring is 1.